The third kappa shape index (κ3) is 6.35. The number of hydrogen-bond donors (Lipinski definition) is 0. The molecular weight excluding hydrogens is 1060 g/mol. The fourth-order valence-electron chi connectivity index (χ4n) is 17.8. The van der Waals surface area contributed by atoms with Crippen molar-refractivity contribution in [1.82, 2.24) is 4.57 Å². The van der Waals surface area contributed by atoms with Gasteiger partial charge in [0.2, 0.25) is 0 Å². The molecule has 0 unspecified atom stereocenters. The molecule has 0 bridgehead atoms. The number of fused-ring (bicyclic) bond motifs is 15. The zero-order chi connectivity index (χ0) is 60.1. The van der Waals surface area contributed by atoms with Crippen molar-refractivity contribution >= 4 is 73.0 Å². The lowest BCUT2D eigenvalue weighted by atomic mass is 9.65. The van der Waals surface area contributed by atoms with E-state index in [0.717, 1.165) is 0 Å². The fraction of sp³-hybridized carbons (Fsp3) is 0.214. The van der Waals surface area contributed by atoms with E-state index in [1.165, 1.54) is 168 Å². The molecule has 0 radical (unpaired) electrons. The minimum atomic E-state index is -0.287. The average molecular weight is 1140 g/mol. The van der Waals surface area contributed by atoms with Crippen LogP contribution in [0.1, 0.15) is 150 Å². The van der Waals surface area contributed by atoms with Crippen LogP contribution in [0.2, 0.25) is 0 Å². The normalized spacial score (nSPS) is 17.8. The summed E-state index contributed by atoms with van der Waals surface area (Å²) in [6.07, 6.45) is 0. The Morgan fingerprint density at radius 1 is 0.216 bits per heavy atom. The number of rotatable bonds is 3. The molecule has 7 heterocycles. The first-order chi connectivity index (χ1) is 42.2. The van der Waals surface area contributed by atoms with Gasteiger partial charge in [0, 0.05) is 48.9 Å². The van der Waals surface area contributed by atoms with Crippen LogP contribution in [0.5, 0.6) is 0 Å². The van der Waals surface area contributed by atoms with E-state index in [1.54, 1.807) is 0 Å². The van der Waals surface area contributed by atoms with E-state index in [0.29, 0.717) is 0 Å². The molecule has 4 heteroatoms. The van der Waals surface area contributed by atoms with Gasteiger partial charge in [-0.25, -0.2) is 0 Å². The molecule has 1 aromatic heterocycles. The molecule has 4 nitrogen and oxygen atoms in total. The van der Waals surface area contributed by atoms with Gasteiger partial charge in [-0.05, 0) is 186 Å². The highest BCUT2D eigenvalue weighted by molar-refractivity contribution is 6.12. The summed E-state index contributed by atoms with van der Waals surface area (Å²) in [5.41, 5.74) is 34.7. The van der Waals surface area contributed by atoms with Crippen molar-refractivity contribution in [2.75, 3.05) is 14.7 Å². The molecule has 0 fully saturated rings. The third-order valence-electron chi connectivity index (χ3n) is 22.6. The quantitative estimate of drug-likeness (QED) is 0.175. The molecule has 0 spiro atoms. The van der Waals surface area contributed by atoms with E-state index in [9.17, 15) is 0 Å². The van der Waals surface area contributed by atoms with E-state index < -0.39 is 0 Å². The van der Waals surface area contributed by atoms with E-state index >= 15 is 0 Å². The smallest absolute Gasteiger partial charge is 0.0545 e. The summed E-state index contributed by atoms with van der Waals surface area (Å²) in [6, 6.07) is 84.7. The summed E-state index contributed by atoms with van der Waals surface area (Å²) in [6.45, 7) is 29.3. The second-order valence-corrected chi connectivity index (χ2v) is 29.4. The predicted octanol–water partition coefficient (Wildman–Crippen LogP) is 22.4. The second-order valence-electron chi connectivity index (χ2n) is 29.4. The van der Waals surface area contributed by atoms with Crippen molar-refractivity contribution < 1.29 is 0 Å². The van der Waals surface area contributed by atoms with E-state index in [2.05, 4.69) is 321 Å². The highest BCUT2D eigenvalue weighted by Crippen LogP contribution is 2.65. The number of anilines is 9. The monoisotopic (exact) mass is 1140 g/mol. The topological polar surface area (TPSA) is 14.7 Å². The van der Waals surface area contributed by atoms with Gasteiger partial charge < -0.3 is 19.3 Å². The van der Waals surface area contributed by atoms with Crippen LogP contribution in [0.15, 0.2) is 218 Å². The van der Waals surface area contributed by atoms with Crippen molar-refractivity contribution in [1.29, 1.82) is 0 Å². The van der Waals surface area contributed by atoms with Crippen LogP contribution in [0.3, 0.4) is 0 Å². The summed E-state index contributed by atoms with van der Waals surface area (Å²) in [5, 5.41) is 2.49. The second kappa shape index (κ2) is 16.8. The van der Waals surface area contributed by atoms with Gasteiger partial charge in [-0.15, -0.1) is 0 Å². The third-order valence-corrected chi connectivity index (χ3v) is 22.6. The molecule has 428 valence electrons. The molecule has 0 atom stereocenters. The first kappa shape index (κ1) is 51.8. The Morgan fingerprint density at radius 2 is 0.443 bits per heavy atom. The summed E-state index contributed by atoms with van der Waals surface area (Å²) in [5.74, 6) is 0. The number of benzene rings is 11. The maximum Gasteiger partial charge on any atom is 0.0545 e. The molecule has 0 saturated heterocycles. The lowest BCUT2D eigenvalue weighted by Gasteiger charge is -2.49. The Hall–Kier alpha value is -9.38. The lowest BCUT2D eigenvalue weighted by Crippen LogP contribution is -2.38. The molecule has 12 aromatic rings. The summed E-state index contributed by atoms with van der Waals surface area (Å²) in [4.78, 5) is 7.73. The van der Waals surface area contributed by atoms with Crippen molar-refractivity contribution in [2.24, 2.45) is 0 Å². The van der Waals surface area contributed by atoms with Crippen LogP contribution in [0.25, 0.3) is 49.7 Å². The predicted molar refractivity (Wildman–Crippen MR) is 368 cm³/mol. The van der Waals surface area contributed by atoms with E-state index in [4.69, 9.17) is 0 Å². The molecule has 0 saturated carbocycles. The summed E-state index contributed by atoms with van der Waals surface area (Å²) >= 11 is 0. The number of nitrogens with zero attached hydrogens (tertiary/aromatic N) is 4. The van der Waals surface area contributed by atoms with Gasteiger partial charge in [0.1, 0.15) is 0 Å². The minimum absolute atomic E-state index is 0.256. The van der Waals surface area contributed by atoms with Crippen LogP contribution in [0.4, 0.5) is 51.2 Å². The molecular formula is C84H72N4. The van der Waals surface area contributed by atoms with Gasteiger partial charge in [-0.1, -0.05) is 204 Å². The highest BCUT2D eigenvalue weighted by atomic mass is 15.2. The standard InChI is InChI=1S/C84H72N4/c1-79(2)56-25-13-19-31-70(56)86-71-32-20-14-26-57(71)80(3,4)63-44-51(43-62(79)76(63)86)49-37-39-68-54(41-49)55-42-50(52-45-64-77-65(46-52)82(7,8)59-28-16-22-34-73(59)87(77)72-33-21-15-27-58(72)81(64,5)6)38-40-69(55)85(68)53-47-66-78-67(48-53)84(11,12)61-30-18-24-36-75(61)88(78)74-35-23-17-29-60(74)83(66,9)10/h13-48H,1-12H3. The fourth-order valence-corrected chi connectivity index (χ4v) is 17.8. The first-order valence-corrected chi connectivity index (χ1v) is 31.8. The van der Waals surface area contributed by atoms with Crippen LogP contribution in [-0.4, -0.2) is 4.57 Å². The van der Waals surface area contributed by atoms with Crippen molar-refractivity contribution in [2.45, 2.75) is 116 Å². The Morgan fingerprint density at radius 3 is 0.693 bits per heavy atom. The summed E-state index contributed by atoms with van der Waals surface area (Å²) in [7, 11) is 0. The Bertz CT molecular complexity index is 4660. The molecule has 0 aliphatic carbocycles. The highest BCUT2D eigenvalue weighted by Gasteiger charge is 2.49. The zero-order valence-corrected chi connectivity index (χ0v) is 52.6. The van der Waals surface area contributed by atoms with E-state index in [1.807, 2.05) is 0 Å². The summed E-state index contributed by atoms with van der Waals surface area (Å²) < 4.78 is 2.61. The molecule has 6 aliphatic heterocycles. The van der Waals surface area contributed by atoms with Crippen LogP contribution in [-0.2, 0) is 32.5 Å². The van der Waals surface area contributed by atoms with Gasteiger partial charge in [0.05, 0.1) is 62.2 Å². The molecule has 88 heavy (non-hydrogen) atoms. The minimum Gasteiger partial charge on any atom is -0.309 e. The molecule has 6 aliphatic rings. The lowest BCUT2D eigenvalue weighted by molar-refractivity contribution is 0.596. The number of hydrogen-bond acceptors (Lipinski definition) is 3. The van der Waals surface area contributed by atoms with Gasteiger partial charge >= 0.3 is 0 Å². The largest absolute Gasteiger partial charge is 0.309 e. The van der Waals surface area contributed by atoms with Crippen LogP contribution >= 0.6 is 0 Å². The van der Waals surface area contributed by atoms with Gasteiger partial charge in [0.15, 0.2) is 0 Å². The van der Waals surface area contributed by atoms with Crippen molar-refractivity contribution in [3.05, 3.63) is 285 Å². The first-order valence-electron chi connectivity index (χ1n) is 31.8. The Labute approximate surface area is 518 Å². The average Bonchev–Trinajstić information content (AvgIpc) is 0.775. The number of aromatic nitrogens is 1. The molecule has 18 rings (SSSR count). The maximum atomic E-state index is 2.61. The van der Waals surface area contributed by atoms with Crippen LogP contribution < -0.4 is 14.7 Å². The van der Waals surface area contributed by atoms with Crippen LogP contribution in [0, 0.1) is 0 Å². The van der Waals surface area contributed by atoms with Gasteiger partial charge in [-0.2, -0.15) is 0 Å². The maximum absolute atomic E-state index is 2.61. The Balaban J connectivity index is 0.905. The zero-order valence-electron chi connectivity index (χ0n) is 52.6. The molecule has 11 aromatic carbocycles. The van der Waals surface area contributed by atoms with E-state index in [-0.39, 0.29) is 32.5 Å². The van der Waals surface area contributed by atoms with Gasteiger partial charge in [0.25, 0.3) is 0 Å². The van der Waals surface area contributed by atoms with Crippen molar-refractivity contribution in [3.63, 3.8) is 0 Å². The van der Waals surface area contributed by atoms with Crippen molar-refractivity contribution in [3.8, 4) is 27.9 Å². The molecule has 0 amide bonds. The number of para-hydroxylation sites is 6. The SMILES string of the molecule is CC1(C)c2ccccc2N2c3ccccc3C(C)(C)c3cc(-c4ccc5c(c4)c4cc(-c6cc7c8c(c6)C(C)(C)c6ccccc6N8c6ccccc6C7(C)C)ccc4n5-c4cc5c6c(c4)C(C)(C)c4ccccc4N6c4ccccc4C5(C)C)cc1c32. The molecule has 0 N–H and O–H groups in total. The van der Waals surface area contributed by atoms with Gasteiger partial charge in [-0.3, -0.25) is 0 Å². The Kier molecular flexibility index (Phi) is 9.90.